The molecule has 2 aromatic carbocycles. The van der Waals surface area contributed by atoms with Gasteiger partial charge >= 0.3 is 0 Å². The second kappa shape index (κ2) is 6.70. The summed E-state index contributed by atoms with van der Waals surface area (Å²) >= 11 is 0. The Morgan fingerprint density at radius 1 is 1.14 bits per heavy atom. The molecule has 0 spiro atoms. The predicted molar refractivity (Wildman–Crippen MR) is 80.9 cm³/mol. The van der Waals surface area contributed by atoms with Crippen LogP contribution in [-0.4, -0.2) is 18.8 Å². The number of aliphatic hydroxyl groups is 1. The molecule has 3 nitrogen and oxygen atoms in total. The number of nitrogens with two attached hydrogens (primary N) is 1. The monoisotopic (exact) mass is 289 g/mol. The zero-order chi connectivity index (χ0) is 15.4. The SMILES string of the molecule is COc1ccc(C(O)C(CN)c2ccc(C)cc2)cc1F. The zero-order valence-corrected chi connectivity index (χ0v) is 12.2. The fraction of sp³-hybridized carbons (Fsp3) is 0.294. The van der Waals surface area contributed by atoms with Gasteiger partial charge in [-0.25, -0.2) is 4.39 Å². The van der Waals surface area contributed by atoms with E-state index in [9.17, 15) is 9.50 Å². The Labute approximate surface area is 124 Å². The quantitative estimate of drug-likeness (QED) is 0.890. The van der Waals surface area contributed by atoms with Crippen LogP contribution >= 0.6 is 0 Å². The number of aryl methyl sites for hydroxylation is 1. The summed E-state index contributed by atoms with van der Waals surface area (Å²) < 4.78 is 18.6. The lowest BCUT2D eigenvalue weighted by molar-refractivity contribution is 0.147. The summed E-state index contributed by atoms with van der Waals surface area (Å²) in [7, 11) is 1.41. The van der Waals surface area contributed by atoms with Gasteiger partial charge < -0.3 is 15.6 Å². The van der Waals surface area contributed by atoms with Crippen molar-refractivity contribution in [3.63, 3.8) is 0 Å². The molecule has 0 aliphatic heterocycles. The number of halogens is 1. The van der Waals surface area contributed by atoms with Crippen LogP contribution in [0.25, 0.3) is 0 Å². The highest BCUT2D eigenvalue weighted by Crippen LogP contribution is 2.32. The summed E-state index contributed by atoms with van der Waals surface area (Å²) in [5.41, 5.74) is 8.36. The normalized spacial score (nSPS) is 13.8. The van der Waals surface area contributed by atoms with Crippen molar-refractivity contribution in [2.75, 3.05) is 13.7 Å². The van der Waals surface area contributed by atoms with Gasteiger partial charge in [0.2, 0.25) is 0 Å². The Hall–Kier alpha value is -1.91. The van der Waals surface area contributed by atoms with Gasteiger partial charge in [-0.05, 0) is 30.2 Å². The number of methoxy groups -OCH3 is 1. The Balaban J connectivity index is 2.29. The summed E-state index contributed by atoms with van der Waals surface area (Å²) in [6, 6.07) is 12.3. The third-order valence-corrected chi connectivity index (χ3v) is 3.66. The maximum Gasteiger partial charge on any atom is 0.165 e. The molecule has 4 heteroatoms. The van der Waals surface area contributed by atoms with E-state index in [-0.39, 0.29) is 18.2 Å². The first-order valence-electron chi connectivity index (χ1n) is 6.85. The Morgan fingerprint density at radius 2 is 1.76 bits per heavy atom. The van der Waals surface area contributed by atoms with Crippen LogP contribution in [0, 0.1) is 12.7 Å². The molecule has 0 amide bonds. The Bertz CT molecular complexity index is 598. The van der Waals surface area contributed by atoms with Crippen molar-refractivity contribution in [2.24, 2.45) is 5.73 Å². The molecule has 2 rings (SSSR count). The number of aliphatic hydroxyl groups excluding tert-OH is 1. The number of hydrogen-bond acceptors (Lipinski definition) is 3. The van der Waals surface area contributed by atoms with Gasteiger partial charge in [-0.15, -0.1) is 0 Å². The van der Waals surface area contributed by atoms with Gasteiger partial charge in [-0.2, -0.15) is 0 Å². The molecule has 0 saturated carbocycles. The maximum absolute atomic E-state index is 13.8. The van der Waals surface area contributed by atoms with Gasteiger partial charge in [-0.3, -0.25) is 0 Å². The van der Waals surface area contributed by atoms with Crippen LogP contribution in [0.2, 0.25) is 0 Å². The smallest absolute Gasteiger partial charge is 0.165 e. The minimum atomic E-state index is -0.863. The van der Waals surface area contributed by atoms with E-state index in [0.717, 1.165) is 11.1 Å². The molecule has 21 heavy (non-hydrogen) atoms. The van der Waals surface area contributed by atoms with Crippen molar-refractivity contribution < 1.29 is 14.2 Å². The van der Waals surface area contributed by atoms with Crippen LogP contribution < -0.4 is 10.5 Å². The minimum Gasteiger partial charge on any atom is -0.494 e. The molecule has 112 valence electrons. The van der Waals surface area contributed by atoms with Crippen molar-refractivity contribution in [3.8, 4) is 5.75 Å². The Kier molecular flexibility index (Phi) is 4.94. The molecular formula is C17H20FNO2. The summed E-state index contributed by atoms with van der Waals surface area (Å²) in [6.45, 7) is 2.27. The molecule has 0 aliphatic carbocycles. The van der Waals surface area contributed by atoms with Gasteiger partial charge in [0.05, 0.1) is 13.2 Å². The van der Waals surface area contributed by atoms with Crippen LogP contribution in [0.4, 0.5) is 4.39 Å². The van der Waals surface area contributed by atoms with Crippen molar-refractivity contribution in [1.82, 2.24) is 0 Å². The molecule has 0 heterocycles. The number of ether oxygens (including phenoxy) is 1. The standard InChI is InChI=1S/C17H20FNO2/c1-11-3-5-12(6-4-11)14(10-19)17(20)13-7-8-16(21-2)15(18)9-13/h3-9,14,17,20H,10,19H2,1-2H3. The molecule has 0 bridgehead atoms. The lowest BCUT2D eigenvalue weighted by Crippen LogP contribution is -2.20. The molecule has 2 aromatic rings. The Morgan fingerprint density at radius 3 is 2.29 bits per heavy atom. The maximum atomic E-state index is 13.8. The van der Waals surface area contributed by atoms with E-state index >= 15 is 0 Å². The van der Waals surface area contributed by atoms with Gasteiger partial charge in [0.1, 0.15) is 0 Å². The third-order valence-electron chi connectivity index (χ3n) is 3.66. The number of hydrogen-bond donors (Lipinski definition) is 2. The fourth-order valence-electron chi connectivity index (χ4n) is 2.36. The van der Waals surface area contributed by atoms with Gasteiger partial charge in [0, 0.05) is 12.5 Å². The van der Waals surface area contributed by atoms with E-state index in [4.69, 9.17) is 10.5 Å². The van der Waals surface area contributed by atoms with Crippen molar-refractivity contribution >= 4 is 0 Å². The highest BCUT2D eigenvalue weighted by atomic mass is 19.1. The molecule has 0 saturated heterocycles. The highest BCUT2D eigenvalue weighted by molar-refractivity contribution is 5.33. The van der Waals surface area contributed by atoms with Gasteiger partial charge in [-0.1, -0.05) is 35.9 Å². The second-order valence-corrected chi connectivity index (χ2v) is 5.09. The second-order valence-electron chi connectivity index (χ2n) is 5.09. The van der Waals surface area contributed by atoms with Crippen molar-refractivity contribution in [1.29, 1.82) is 0 Å². The van der Waals surface area contributed by atoms with E-state index in [0.29, 0.717) is 5.56 Å². The summed E-state index contributed by atoms with van der Waals surface area (Å²) in [4.78, 5) is 0. The summed E-state index contributed by atoms with van der Waals surface area (Å²) in [5, 5.41) is 10.5. The molecule has 3 N–H and O–H groups in total. The number of benzene rings is 2. The van der Waals surface area contributed by atoms with Crippen LogP contribution in [-0.2, 0) is 0 Å². The molecule has 0 aliphatic rings. The van der Waals surface area contributed by atoms with E-state index in [2.05, 4.69) is 0 Å². The van der Waals surface area contributed by atoms with Crippen molar-refractivity contribution in [2.45, 2.75) is 18.9 Å². The first kappa shape index (κ1) is 15.5. The van der Waals surface area contributed by atoms with Crippen LogP contribution in [0.5, 0.6) is 5.75 Å². The largest absolute Gasteiger partial charge is 0.494 e. The van der Waals surface area contributed by atoms with E-state index < -0.39 is 11.9 Å². The molecular weight excluding hydrogens is 269 g/mol. The summed E-state index contributed by atoms with van der Waals surface area (Å²) in [5.74, 6) is -0.613. The van der Waals surface area contributed by atoms with Gasteiger partial charge in [0.25, 0.3) is 0 Å². The van der Waals surface area contributed by atoms with Crippen LogP contribution in [0.3, 0.4) is 0 Å². The third kappa shape index (κ3) is 3.40. The lowest BCUT2D eigenvalue weighted by Gasteiger charge is -2.22. The van der Waals surface area contributed by atoms with E-state index in [1.54, 1.807) is 6.07 Å². The minimum absolute atomic E-state index is 0.158. The molecule has 0 radical (unpaired) electrons. The highest BCUT2D eigenvalue weighted by Gasteiger charge is 2.22. The topological polar surface area (TPSA) is 55.5 Å². The van der Waals surface area contributed by atoms with E-state index in [1.165, 1.54) is 19.2 Å². The lowest BCUT2D eigenvalue weighted by atomic mass is 9.89. The average molecular weight is 289 g/mol. The molecule has 0 aromatic heterocycles. The van der Waals surface area contributed by atoms with Gasteiger partial charge in [0.15, 0.2) is 11.6 Å². The molecule has 2 unspecified atom stereocenters. The van der Waals surface area contributed by atoms with Crippen LogP contribution in [0.15, 0.2) is 42.5 Å². The van der Waals surface area contributed by atoms with Crippen molar-refractivity contribution in [3.05, 3.63) is 65.0 Å². The molecule has 0 fully saturated rings. The summed E-state index contributed by atoms with van der Waals surface area (Å²) in [6.07, 6.45) is -0.863. The van der Waals surface area contributed by atoms with Crippen LogP contribution in [0.1, 0.15) is 28.7 Å². The number of rotatable bonds is 5. The van der Waals surface area contributed by atoms with E-state index in [1.807, 2.05) is 31.2 Å². The first-order valence-corrected chi connectivity index (χ1v) is 6.85. The molecule has 2 atom stereocenters. The predicted octanol–water partition coefficient (Wildman–Crippen LogP) is 2.92. The zero-order valence-electron chi connectivity index (χ0n) is 12.2. The average Bonchev–Trinajstić information content (AvgIpc) is 2.49. The first-order chi connectivity index (χ1) is 10.1. The fourth-order valence-corrected chi connectivity index (χ4v) is 2.36.